The molecule has 2 N–H and O–H groups in total. The predicted molar refractivity (Wildman–Crippen MR) is 124 cm³/mol. The maximum Gasteiger partial charge on any atom is 0.0459 e. The maximum absolute atomic E-state index is 4.00. The number of hydrogen-bond acceptors (Lipinski definition) is 0. The average molecular weight is 395 g/mol. The van der Waals surface area contributed by atoms with E-state index in [0.717, 1.165) is 5.92 Å². The van der Waals surface area contributed by atoms with Gasteiger partial charge in [0.15, 0.2) is 0 Å². The van der Waals surface area contributed by atoms with Crippen LogP contribution < -0.4 is 0 Å². The number of H-pyrrole nitrogens is 2. The molecule has 30 heavy (non-hydrogen) atoms. The Morgan fingerprint density at radius 2 is 1.40 bits per heavy atom. The summed E-state index contributed by atoms with van der Waals surface area (Å²) in [6, 6.07) is 18.2. The van der Waals surface area contributed by atoms with E-state index in [1.807, 2.05) is 0 Å². The van der Waals surface area contributed by atoms with Crippen LogP contribution >= 0.6 is 0 Å². The van der Waals surface area contributed by atoms with E-state index in [-0.39, 0.29) is 5.41 Å². The average Bonchev–Trinajstić information content (AvgIpc) is 3.56. The molecule has 2 fully saturated rings. The van der Waals surface area contributed by atoms with Crippen molar-refractivity contribution in [3.63, 3.8) is 0 Å². The molecule has 2 aromatic carbocycles. The highest BCUT2D eigenvalue weighted by Crippen LogP contribution is 2.56. The minimum absolute atomic E-state index is 0.279. The van der Waals surface area contributed by atoms with E-state index in [1.165, 1.54) is 85.3 Å². The molecule has 0 radical (unpaired) electrons. The van der Waals surface area contributed by atoms with Crippen LogP contribution in [0, 0.1) is 5.92 Å². The molecule has 2 aromatic heterocycles. The Hall–Kier alpha value is -2.48. The van der Waals surface area contributed by atoms with Crippen molar-refractivity contribution in [1.29, 1.82) is 0 Å². The lowest BCUT2D eigenvalue weighted by atomic mass is 9.75. The smallest absolute Gasteiger partial charge is 0.0459 e. The Morgan fingerprint density at radius 3 is 2.17 bits per heavy atom. The van der Waals surface area contributed by atoms with Crippen molar-refractivity contribution in [2.24, 2.45) is 5.92 Å². The Labute approximate surface area is 178 Å². The first kappa shape index (κ1) is 17.2. The number of para-hydroxylation sites is 2. The first-order valence-corrected chi connectivity index (χ1v) is 12.0. The molecule has 3 aliphatic carbocycles. The Balaban J connectivity index is 1.60. The van der Waals surface area contributed by atoms with Crippen molar-refractivity contribution in [2.75, 3.05) is 0 Å². The first-order valence-electron chi connectivity index (χ1n) is 12.0. The fourth-order valence-electron chi connectivity index (χ4n) is 7.39. The Morgan fingerprint density at radius 1 is 0.733 bits per heavy atom. The normalized spacial score (nSPS) is 23.3. The highest BCUT2D eigenvalue weighted by molar-refractivity contribution is 5.90. The molecule has 0 bridgehead atoms. The zero-order valence-corrected chi connectivity index (χ0v) is 17.6. The van der Waals surface area contributed by atoms with E-state index in [2.05, 4.69) is 58.5 Å². The van der Waals surface area contributed by atoms with E-state index >= 15 is 0 Å². The number of hydrogen-bond donors (Lipinski definition) is 2. The minimum atomic E-state index is 0.279. The monoisotopic (exact) mass is 394 g/mol. The number of aromatic nitrogens is 2. The van der Waals surface area contributed by atoms with Gasteiger partial charge >= 0.3 is 0 Å². The van der Waals surface area contributed by atoms with Gasteiger partial charge in [-0.1, -0.05) is 62.1 Å². The lowest BCUT2D eigenvalue weighted by Crippen LogP contribution is -2.26. The van der Waals surface area contributed by atoms with Gasteiger partial charge in [0.2, 0.25) is 0 Å². The standard InChI is InChI=1S/C28H30N2/c1-2-10-18(9-1)24-25-20-12-4-6-14-23(20)30-27(25)28(15-7-8-16-28)17-21-19-11-3-5-13-22(19)29-26(21)24/h3-6,11-14,18,24,29-30H,1-2,7-10,15-17H2. The van der Waals surface area contributed by atoms with Gasteiger partial charge in [0.1, 0.15) is 0 Å². The number of fused-ring (bicyclic) bond motifs is 7. The predicted octanol–water partition coefficient (Wildman–Crippen LogP) is 7.34. The third kappa shape index (κ3) is 2.25. The molecular weight excluding hydrogens is 364 g/mol. The van der Waals surface area contributed by atoms with Crippen LogP contribution in [0.5, 0.6) is 0 Å². The van der Waals surface area contributed by atoms with Gasteiger partial charge in [-0.05, 0) is 61.3 Å². The van der Waals surface area contributed by atoms with Gasteiger partial charge in [-0.15, -0.1) is 0 Å². The molecule has 2 saturated carbocycles. The van der Waals surface area contributed by atoms with E-state index in [9.17, 15) is 0 Å². The summed E-state index contributed by atoms with van der Waals surface area (Å²) in [5.41, 5.74) is 9.35. The van der Waals surface area contributed by atoms with Crippen LogP contribution in [-0.2, 0) is 11.8 Å². The van der Waals surface area contributed by atoms with Crippen LogP contribution in [0.15, 0.2) is 48.5 Å². The molecule has 2 nitrogen and oxygen atoms in total. The van der Waals surface area contributed by atoms with Crippen LogP contribution in [0.2, 0.25) is 0 Å². The zero-order valence-electron chi connectivity index (χ0n) is 17.6. The molecule has 1 atom stereocenters. The summed E-state index contributed by atoms with van der Waals surface area (Å²) >= 11 is 0. The van der Waals surface area contributed by atoms with Crippen LogP contribution in [0.25, 0.3) is 21.8 Å². The zero-order chi connectivity index (χ0) is 19.7. The Kier molecular flexibility index (Phi) is 3.60. The molecule has 1 unspecified atom stereocenters. The van der Waals surface area contributed by atoms with Gasteiger partial charge < -0.3 is 9.97 Å². The second kappa shape index (κ2) is 6.26. The highest BCUT2D eigenvalue weighted by atomic mass is 14.8. The number of benzene rings is 2. The van der Waals surface area contributed by atoms with Crippen molar-refractivity contribution in [1.82, 2.24) is 9.97 Å². The third-order valence-corrected chi connectivity index (χ3v) is 8.69. The molecule has 1 spiro atoms. The van der Waals surface area contributed by atoms with Crippen LogP contribution in [0.3, 0.4) is 0 Å². The van der Waals surface area contributed by atoms with Crippen LogP contribution in [-0.4, -0.2) is 9.97 Å². The van der Waals surface area contributed by atoms with Gasteiger partial charge in [-0.3, -0.25) is 0 Å². The summed E-state index contributed by atoms with van der Waals surface area (Å²) in [7, 11) is 0. The summed E-state index contributed by atoms with van der Waals surface area (Å²) in [5.74, 6) is 1.26. The summed E-state index contributed by atoms with van der Waals surface area (Å²) in [4.78, 5) is 7.97. The van der Waals surface area contributed by atoms with E-state index in [0.29, 0.717) is 5.92 Å². The molecule has 0 aliphatic heterocycles. The van der Waals surface area contributed by atoms with Crippen molar-refractivity contribution < 1.29 is 0 Å². The molecule has 0 saturated heterocycles. The molecule has 2 heterocycles. The van der Waals surface area contributed by atoms with Crippen molar-refractivity contribution in [3.8, 4) is 0 Å². The molecule has 7 rings (SSSR count). The quantitative estimate of drug-likeness (QED) is 0.338. The topological polar surface area (TPSA) is 31.6 Å². The second-order valence-corrected chi connectivity index (χ2v) is 10.2. The number of rotatable bonds is 1. The number of nitrogens with one attached hydrogen (secondary N) is 2. The largest absolute Gasteiger partial charge is 0.358 e. The molecular formula is C28H30N2. The minimum Gasteiger partial charge on any atom is -0.358 e. The highest BCUT2D eigenvalue weighted by Gasteiger charge is 2.46. The summed E-state index contributed by atoms with van der Waals surface area (Å²) < 4.78 is 0. The molecule has 3 aliphatic rings. The molecule has 4 aromatic rings. The summed E-state index contributed by atoms with van der Waals surface area (Å²) in [6.45, 7) is 0. The van der Waals surface area contributed by atoms with Gasteiger partial charge in [-0.25, -0.2) is 0 Å². The lowest BCUT2D eigenvalue weighted by molar-refractivity contribution is 0.426. The van der Waals surface area contributed by atoms with Crippen molar-refractivity contribution >= 4 is 21.8 Å². The molecule has 152 valence electrons. The van der Waals surface area contributed by atoms with Gasteiger partial charge in [-0.2, -0.15) is 0 Å². The fourth-order valence-corrected chi connectivity index (χ4v) is 7.39. The SMILES string of the molecule is c1ccc2c3c([nH]c2c1)C(C1CCCC1)c1c([nH]c2ccccc12)C1(CCCC1)C3. The van der Waals surface area contributed by atoms with Gasteiger partial charge in [0.25, 0.3) is 0 Å². The first-order chi connectivity index (χ1) is 14.8. The second-order valence-electron chi connectivity index (χ2n) is 10.2. The van der Waals surface area contributed by atoms with Gasteiger partial charge in [0.05, 0.1) is 0 Å². The maximum atomic E-state index is 4.00. The van der Waals surface area contributed by atoms with E-state index in [1.54, 1.807) is 16.8 Å². The summed E-state index contributed by atoms with van der Waals surface area (Å²) in [6.07, 6.45) is 12.1. The molecule has 0 amide bonds. The lowest BCUT2D eigenvalue weighted by Gasteiger charge is -2.29. The number of aromatic amines is 2. The van der Waals surface area contributed by atoms with Crippen molar-refractivity contribution in [2.45, 2.75) is 69.1 Å². The van der Waals surface area contributed by atoms with E-state index in [4.69, 9.17) is 0 Å². The Bertz CT molecular complexity index is 1240. The van der Waals surface area contributed by atoms with E-state index < -0.39 is 0 Å². The van der Waals surface area contributed by atoms with Crippen LogP contribution in [0.4, 0.5) is 0 Å². The molecule has 2 heteroatoms. The van der Waals surface area contributed by atoms with Gasteiger partial charge in [0, 0.05) is 44.5 Å². The van der Waals surface area contributed by atoms with Crippen molar-refractivity contribution in [3.05, 3.63) is 71.0 Å². The summed E-state index contributed by atoms with van der Waals surface area (Å²) in [5, 5.41) is 2.94. The van der Waals surface area contributed by atoms with Crippen LogP contribution in [0.1, 0.15) is 79.8 Å². The fraction of sp³-hybridized carbons (Fsp3) is 0.429. The third-order valence-electron chi connectivity index (χ3n) is 8.69.